The summed E-state index contributed by atoms with van der Waals surface area (Å²) in [5.41, 5.74) is 0.296. The Morgan fingerprint density at radius 3 is 2.61 bits per heavy atom. The molecular weight excluding hydrogens is 383 g/mol. The maximum atomic E-state index is 12.0. The average Bonchev–Trinajstić information content (AvgIpc) is 2.70. The van der Waals surface area contributed by atoms with Crippen molar-refractivity contribution in [2.45, 2.75) is 4.21 Å². The van der Waals surface area contributed by atoms with Crippen molar-refractivity contribution in [3.8, 4) is 0 Å². The van der Waals surface area contributed by atoms with Gasteiger partial charge < -0.3 is 0 Å². The van der Waals surface area contributed by atoms with Gasteiger partial charge in [0.2, 0.25) is 0 Å². The van der Waals surface area contributed by atoms with Gasteiger partial charge in [-0.05, 0) is 18.2 Å². The molecule has 1 N–H and O–H groups in total. The summed E-state index contributed by atoms with van der Waals surface area (Å²) < 4.78 is 27.3. The van der Waals surface area contributed by atoms with Crippen molar-refractivity contribution >= 4 is 66.2 Å². The smallest absolute Gasteiger partial charge is 0.273 e. The molecule has 0 spiro atoms. The average molecular weight is 388 g/mol. The van der Waals surface area contributed by atoms with Crippen molar-refractivity contribution in [3.63, 3.8) is 0 Å². The summed E-state index contributed by atoms with van der Waals surface area (Å²) in [6.45, 7) is 0. The molecule has 96 valence electrons. The Kier molecular flexibility index (Phi) is 4.18. The van der Waals surface area contributed by atoms with E-state index in [2.05, 4.69) is 25.6 Å². The lowest BCUT2D eigenvalue weighted by Crippen LogP contribution is -2.11. The molecule has 0 saturated carbocycles. The Morgan fingerprint density at radius 2 is 2.06 bits per heavy atom. The molecule has 0 aliphatic carbocycles. The lowest BCUT2D eigenvalue weighted by Gasteiger charge is -2.07. The molecule has 9 heteroatoms. The van der Waals surface area contributed by atoms with E-state index in [0.717, 1.165) is 15.8 Å². The Labute approximate surface area is 126 Å². The molecule has 0 aliphatic rings. The molecule has 0 bridgehead atoms. The lowest BCUT2D eigenvalue weighted by molar-refractivity contribution is 0.603. The van der Waals surface area contributed by atoms with E-state index in [1.165, 1.54) is 6.20 Å². The third kappa shape index (κ3) is 3.16. The molecule has 4 nitrogen and oxygen atoms in total. The number of hydrogen-bond acceptors (Lipinski definition) is 4. The standard InChI is InChI=1S/C9H5BrCl2N2O2S2/c10-5-1-2-7(6(11)3-5)14-18(15,16)8-4-13-9(12)17-8/h1-4,14H. The fraction of sp³-hybridized carbons (Fsp3) is 0. The summed E-state index contributed by atoms with van der Waals surface area (Å²) in [4.78, 5) is 3.69. The van der Waals surface area contributed by atoms with Gasteiger partial charge in [-0.15, -0.1) is 0 Å². The number of rotatable bonds is 3. The Hall–Kier alpha value is -0.340. The van der Waals surface area contributed by atoms with Crippen LogP contribution in [0.15, 0.2) is 33.1 Å². The summed E-state index contributed by atoms with van der Waals surface area (Å²) >= 11 is 15.6. The minimum Gasteiger partial charge on any atom is -0.277 e. The maximum Gasteiger partial charge on any atom is 0.273 e. The van der Waals surface area contributed by atoms with Crippen LogP contribution in [0.5, 0.6) is 0 Å². The molecule has 1 aromatic heterocycles. The van der Waals surface area contributed by atoms with Crippen molar-refractivity contribution in [1.29, 1.82) is 0 Å². The molecule has 1 heterocycles. The van der Waals surface area contributed by atoms with Gasteiger partial charge in [-0.25, -0.2) is 13.4 Å². The number of thiazole rings is 1. The number of benzene rings is 1. The van der Waals surface area contributed by atoms with E-state index in [4.69, 9.17) is 23.2 Å². The molecule has 0 radical (unpaired) electrons. The van der Waals surface area contributed by atoms with Crippen molar-refractivity contribution in [3.05, 3.63) is 38.4 Å². The molecule has 0 aliphatic heterocycles. The molecule has 1 aromatic carbocycles. The quantitative estimate of drug-likeness (QED) is 0.865. The number of nitrogens with one attached hydrogen (secondary N) is 1. The Bertz CT molecular complexity index is 688. The second-order valence-electron chi connectivity index (χ2n) is 3.16. The van der Waals surface area contributed by atoms with Gasteiger partial charge in [-0.3, -0.25) is 4.72 Å². The van der Waals surface area contributed by atoms with Crippen LogP contribution in [0.4, 0.5) is 5.69 Å². The van der Waals surface area contributed by atoms with Crippen molar-refractivity contribution < 1.29 is 8.42 Å². The first-order valence-corrected chi connectivity index (χ1v) is 8.32. The predicted octanol–water partition coefficient (Wildman–Crippen LogP) is 4.01. The van der Waals surface area contributed by atoms with E-state index in [9.17, 15) is 8.42 Å². The van der Waals surface area contributed by atoms with Crippen LogP contribution in [-0.2, 0) is 10.0 Å². The first-order chi connectivity index (χ1) is 8.38. The fourth-order valence-electron chi connectivity index (χ4n) is 1.13. The van der Waals surface area contributed by atoms with Gasteiger partial charge in [-0.2, -0.15) is 0 Å². The van der Waals surface area contributed by atoms with E-state index in [1.54, 1.807) is 18.2 Å². The minimum atomic E-state index is -3.71. The van der Waals surface area contributed by atoms with Crippen LogP contribution in [0.2, 0.25) is 9.49 Å². The zero-order chi connectivity index (χ0) is 13.3. The molecule has 0 fully saturated rings. The van der Waals surface area contributed by atoms with Crippen LogP contribution >= 0.6 is 50.5 Å². The summed E-state index contributed by atoms with van der Waals surface area (Å²) in [5.74, 6) is 0. The van der Waals surface area contributed by atoms with Crippen LogP contribution in [0.3, 0.4) is 0 Å². The van der Waals surface area contributed by atoms with Crippen LogP contribution in [0.1, 0.15) is 0 Å². The van der Waals surface area contributed by atoms with Gasteiger partial charge >= 0.3 is 0 Å². The zero-order valence-corrected chi connectivity index (χ0v) is 13.3. The molecule has 18 heavy (non-hydrogen) atoms. The second kappa shape index (κ2) is 5.34. The normalized spacial score (nSPS) is 11.5. The summed E-state index contributed by atoms with van der Waals surface area (Å²) in [5, 5.41) is 0.295. The SMILES string of the molecule is O=S(=O)(Nc1ccc(Br)cc1Cl)c1cnc(Cl)s1. The third-order valence-electron chi connectivity index (χ3n) is 1.90. The number of halogens is 3. The van der Waals surface area contributed by atoms with Crippen LogP contribution < -0.4 is 4.72 Å². The van der Waals surface area contributed by atoms with Crippen LogP contribution in [-0.4, -0.2) is 13.4 Å². The summed E-state index contributed by atoms with van der Waals surface area (Å²) in [6.07, 6.45) is 1.20. The molecule has 2 aromatic rings. The van der Waals surface area contributed by atoms with Gasteiger partial charge in [0, 0.05) is 4.47 Å². The predicted molar refractivity (Wildman–Crippen MR) is 77.1 cm³/mol. The minimum absolute atomic E-state index is 0.0338. The monoisotopic (exact) mass is 386 g/mol. The van der Waals surface area contributed by atoms with Crippen LogP contribution in [0.25, 0.3) is 0 Å². The highest BCUT2D eigenvalue weighted by atomic mass is 79.9. The summed E-state index contributed by atoms with van der Waals surface area (Å²) in [6, 6.07) is 4.84. The van der Waals surface area contributed by atoms with Gasteiger partial charge in [0.1, 0.15) is 0 Å². The number of sulfonamides is 1. The maximum absolute atomic E-state index is 12.0. The molecule has 0 saturated heterocycles. The lowest BCUT2D eigenvalue weighted by atomic mass is 10.3. The first-order valence-electron chi connectivity index (χ1n) is 4.48. The molecule has 2 rings (SSSR count). The van der Waals surface area contributed by atoms with Crippen molar-refractivity contribution in [1.82, 2.24) is 4.98 Å². The van der Waals surface area contributed by atoms with Crippen molar-refractivity contribution in [2.75, 3.05) is 4.72 Å². The number of anilines is 1. The highest BCUT2D eigenvalue weighted by Crippen LogP contribution is 2.29. The largest absolute Gasteiger partial charge is 0.277 e. The van der Waals surface area contributed by atoms with Gasteiger partial charge in [0.15, 0.2) is 8.68 Å². The zero-order valence-electron chi connectivity index (χ0n) is 8.52. The number of hydrogen-bond donors (Lipinski definition) is 1. The molecule has 0 unspecified atom stereocenters. The number of nitrogens with zero attached hydrogens (tertiary/aromatic N) is 1. The van der Waals surface area contributed by atoms with Gasteiger partial charge in [0.25, 0.3) is 10.0 Å². The molecule has 0 atom stereocenters. The van der Waals surface area contributed by atoms with Crippen molar-refractivity contribution in [2.24, 2.45) is 0 Å². The van der Waals surface area contributed by atoms with E-state index in [-0.39, 0.29) is 8.68 Å². The first kappa shape index (κ1) is 14.1. The third-order valence-corrected chi connectivity index (χ3v) is 5.64. The van der Waals surface area contributed by atoms with Gasteiger partial charge in [-0.1, -0.05) is 50.5 Å². The number of aromatic nitrogens is 1. The fourth-order valence-corrected chi connectivity index (χ4v) is 4.28. The topological polar surface area (TPSA) is 59.1 Å². The van der Waals surface area contributed by atoms with E-state index in [0.29, 0.717) is 10.7 Å². The Morgan fingerprint density at radius 1 is 1.33 bits per heavy atom. The summed E-state index contributed by atoms with van der Waals surface area (Å²) in [7, 11) is -3.71. The van der Waals surface area contributed by atoms with E-state index in [1.807, 2.05) is 0 Å². The highest BCUT2D eigenvalue weighted by Gasteiger charge is 2.18. The van der Waals surface area contributed by atoms with E-state index >= 15 is 0 Å². The van der Waals surface area contributed by atoms with Gasteiger partial charge in [0.05, 0.1) is 16.9 Å². The highest BCUT2D eigenvalue weighted by molar-refractivity contribution is 9.10. The molecular formula is C9H5BrCl2N2O2S2. The van der Waals surface area contributed by atoms with E-state index < -0.39 is 10.0 Å². The molecule has 0 amide bonds. The second-order valence-corrected chi connectivity index (χ2v) is 8.01. The Balaban J connectivity index is 2.33. The van der Waals surface area contributed by atoms with Crippen LogP contribution in [0, 0.1) is 0 Å².